The quantitative estimate of drug-likeness (QED) is 0.841. The van der Waals surface area contributed by atoms with Gasteiger partial charge in [-0.15, -0.1) is 0 Å². The third kappa shape index (κ3) is 3.05. The maximum absolute atomic E-state index is 5.83. The maximum Gasteiger partial charge on any atom is 0.155 e. The Morgan fingerprint density at radius 1 is 1.33 bits per heavy atom. The number of ether oxygens (including phenoxy) is 1. The van der Waals surface area contributed by atoms with Crippen molar-refractivity contribution in [1.82, 2.24) is 4.98 Å². The Kier molecular flexibility index (Phi) is 3.93. The van der Waals surface area contributed by atoms with Gasteiger partial charge >= 0.3 is 0 Å². The van der Waals surface area contributed by atoms with Gasteiger partial charge in [-0.05, 0) is 24.3 Å². The highest BCUT2D eigenvalue weighted by molar-refractivity contribution is 9.10. The first-order valence-corrected chi connectivity index (χ1v) is 6.29. The number of hydrogen-bond acceptors (Lipinski definition) is 4. The molecule has 0 unspecified atom stereocenters. The summed E-state index contributed by atoms with van der Waals surface area (Å²) in [5, 5.41) is 3.48. The fourth-order valence-electron chi connectivity index (χ4n) is 1.44. The van der Waals surface area contributed by atoms with Gasteiger partial charge in [-0.1, -0.05) is 27.5 Å². The Hall–Kier alpha value is -1.46. The molecule has 1 heterocycles. The van der Waals surface area contributed by atoms with E-state index in [0.717, 1.165) is 15.9 Å². The third-order valence-electron chi connectivity index (χ3n) is 2.26. The predicted molar refractivity (Wildman–Crippen MR) is 77.6 cm³/mol. The molecule has 0 saturated heterocycles. The first-order valence-electron chi connectivity index (χ1n) is 5.12. The lowest BCUT2D eigenvalue weighted by atomic mass is 10.3. The molecule has 18 heavy (non-hydrogen) atoms. The highest BCUT2D eigenvalue weighted by Crippen LogP contribution is 2.28. The van der Waals surface area contributed by atoms with Gasteiger partial charge in [0.1, 0.15) is 10.9 Å². The van der Waals surface area contributed by atoms with Crippen molar-refractivity contribution in [2.45, 2.75) is 0 Å². The first kappa shape index (κ1) is 13.0. The van der Waals surface area contributed by atoms with Gasteiger partial charge < -0.3 is 15.8 Å². The monoisotopic (exact) mass is 327 g/mol. The zero-order valence-corrected chi connectivity index (χ0v) is 11.9. The number of aromatic nitrogens is 1. The van der Waals surface area contributed by atoms with Crippen LogP contribution >= 0.6 is 27.5 Å². The Morgan fingerprint density at radius 2 is 2.11 bits per heavy atom. The molecule has 0 amide bonds. The second-order valence-electron chi connectivity index (χ2n) is 3.58. The Labute approximate surface area is 118 Å². The van der Waals surface area contributed by atoms with Gasteiger partial charge in [0, 0.05) is 16.2 Å². The maximum atomic E-state index is 5.83. The number of hydrogen-bond donors (Lipinski definition) is 2. The standard InChI is InChI=1S/C12H11BrClN3O/c1-18-9-5-7(13)4-8(6-9)16-12-10(15)2-3-11(14)17-12/h2-6H,15H2,1H3,(H,16,17). The van der Waals surface area contributed by atoms with E-state index in [2.05, 4.69) is 26.2 Å². The lowest BCUT2D eigenvalue weighted by Gasteiger charge is -2.10. The minimum atomic E-state index is 0.383. The molecule has 0 aliphatic rings. The van der Waals surface area contributed by atoms with E-state index < -0.39 is 0 Å². The molecule has 2 rings (SSSR count). The molecule has 0 radical (unpaired) electrons. The van der Waals surface area contributed by atoms with Gasteiger partial charge in [0.25, 0.3) is 0 Å². The molecule has 2 aromatic rings. The average Bonchev–Trinajstić information content (AvgIpc) is 2.33. The highest BCUT2D eigenvalue weighted by atomic mass is 79.9. The van der Waals surface area contributed by atoms with Crippen LogP contribution < -0.4 is 15.8 Å². The van der Waals surface area contributed by atoms with Crippen molar-refractivity contribution < 1.29 is 4.74 Å². The second kappa shape index (κ2) is 5.46. The van der Waals surface area contributed by atoms with Crippen LogP contribution in [0.3, 0.4) is 0 Å². The zero-order chi connectivity index (χ0) is 13.1. The fraction of sp³-hybridized carbons (Fsp3) is 0.0833. The van der Waals surface area contributed by atoms with Crippen LogP contribution in [0.1, 0.15) is 0 Å². The summed E-state index contributed by atoms with van der Waals surface area (Å²) in [6, 6.07) is 8.94. The zero-order valence-electron chi connectivity index (χ0n) is 9.58. The van der Waals surface area contributed by atoms with E-state index >= 15 is 0 Å². The number of nitrogens with two attached hydrogens (primary N) is 1. The van der Waals surface area contributed by atoms with E-state index in [-0.39, 0.29) is 0 Å². The summed E-state index contributed by atoms with van der Waals surface area (Å²) >= 11 is 9.23. The summed E-state index contributed by atoms with van der Waals surface area (Å²) in [6.07, 6.45) is 0. The molecule has 0 bridgehead atoms. The lowest BCUT2D eigenvalue weighted by Crippen LogP contribution is -1.99. The van der Waals surface area contributed by atoms with E-state index in [9.17, 15) is 0 Å². The van der Waals surface area contributed by atoms with Gasteiger partial charge in [0.2, 0.25) is 0 Å². The molecule has 94 valence electrons. The molecule has 0 spiro atoms. The fourth-order valence-corrected chi connectivity index (χ4v) is 2.06. The SMILES string of the molecule is COc1cc(Br)cc(Nc2nc(Cl)ccc2N)c1. The summed E-state index contributed by atoms with van der Waals surface area (Å²) < 4.78 is 6.07. The van der Waals surface area contributed by atoms with Crippen molar-refractivity contribution in [3.63, 3.8) is 0 Å². The Morgan fingerprint density at radius 3 is 2.83 bits per heavy atom. The smallest absolute Gasteiger partial charge is 0.155 e. The largest absolute Gasteiger partial charge is 0.497 e. The number of nitrogen functional groups attached to an aromatic ring is 1. The average molecular weight is 329 g/mol. The van der Waals surface area contributed by atoms with Crippen molar-refractivity contribution in [2.75, 3.05) is 18.2 Å². The van der Waals surface area contributed by atoms with Crippen LogP contribution in [-0.2, 0) is 0 Å². The van der Waals surface area contributed by atoms with E-state index in [1.54, 1.807) is 19.2 Å². The normalized spacial score (nSPS) is 10.2. The number of nitrogens with one attached hydrogen (secondary N) is 1. The highest BCUT2D eigenvalue weighted by Gasteiger charge is 2.05. The summed E-state index contributed by atoms with van der Waals surface area (Å²) in [5.74, 6) is 1.25. The van der Waals surface area contributed by atoms with Crippen LogP contribution in [0.2, 0.25) is 5.15 Å². The molecule has 0 aliphatic carbocycles. The summed E-state index contributed by atoms with van der Waals surface area (Å²) in [6.45, 7) is 0. The molecular formula is C12H11BrClN3O. The Balaban J connectivity index is 2.33. The molecule has 0 fully saturated rings. The van der Waals surface area contributed by atoms with Crippen molar-refractivity contribution in [3.8, 4) is 5.75 Å². The minimum absolute atomic E-state index is 0.383. The summed E-state index contributed by atoms with van der Waals surface area (Å²) in [4.78, 5) is 4.13. The lowest BCUT2D eigenvalue weighted by molar-refractivity contribution is 0.415. The van der Waals surface area contributed by atoms with Crippen LogP contribution in [0.15, 0.2) is 34.8 Å². The topological polar surface area (TPSA) is 60.2 Å². The van der Waals surface area contributed by atoms with Gasteiger partial charge in [-0.25, -0.2) is 4.98 Å². The molecule has 6 heteroatoms. The summed E-state index contributed by atoms with van der Waals surface area (Å²) in [5.41, 5.74) is 7.15. The van der Waals surface area contributed by atoms with Crippen molar-refractivity contribution in [2.24, 2.45) is 0 Å². The van der Waals surface area contributed by atoms with Gasteiger partial charge in [-0.3, -0.25) is 0 Å². The number of methoxy groups -OCH3 is 1. The molecule has 0 saturated carbocycles. The van der Waals surface area contributed by atoms with E-state index in [0.29, 0.717) is 16.7 Å². The predicted octanol–water partition coefficient (Wildman–Crippen LogP) is 3.83. The van der Waals surface area contributed by atoms with Crippen LogP contribution in [0.25, 0.3) is 0 Å². The van der Waals surface area contributed by atoms with Crippen molar-refractivity contribution in [3.05, 3.63) is 40.0 Å². The van der Waals surface area contributed by atoms with Crippen LogP contribution in [0.4, 0.5) is 17.2 Å². The second-order valence-corrected chi connectivity index (χ2v) is 4.88. The van der Waals surface area contributed by atoms with Crippen LogP contribution in [0.5, 0.6) is 5.75 Å². The number of anilines is 3. The molecule has 1 aromatic heterocycles. The molecule has 3 N–H and O–H groups in total. The molecule has 0 atom stereocenters. The van der Waals surface area contributed by atoms with Gasteiger partial charge in [-0.2, -0.15) is 0 Å². The van der Waals surface area contributed by atoms with Gasteiger partial charge in [0.05, 0.1) is 12.8 Å². The number of halogens is 2. The number of rotatable bonds is 3. The number of nitrogens with zero attached hydrogens (tertiary/aromatic N) is 1. The first-order chi connectivity index (χ1) is 8.58. The van der Waals surface area contributed by atoms with E-state index in [1.807, 2.05) is 18.2 Å². The number of benzene rings is 1. The Bertz CT molecular complexity index is 577. The molecule has 0 aliphatic heterocycles. The minimum Gasteiger partial charge on any atom is -0.497 e. The van der Waals surface area contributed by atoms with E-state index in [4.69, 9.17) is 22.1 Å². The molecule has 1 aromatic carbocycles. The summed E-state index contributed by atoms with van der Waals surface area (Å²) in [7, 11) is 1.61. The third-order valence-corrected chi connectivity index (χ3v) is 2.93. The molecular weight excluding hydrogens is 318 g/mol. The molecule has 4 nitrogen and oxygen atoms in total. The van der Waals surface area contributed by atoms with Gasteiger partial charge in [0.15, 0.2) is 5.82 Å². The van der Waals surface area contributed by atoms with Crippen LogP contribution in [-0.4, -0.2) is 12.1 Å². The van der Waals surface area contributed by atoms with Crippen molar-refractivity contribution in [1.29, 1.82) is 0 Å². The van der Waals surface area contributed by atoms with Crippen LogP contribution in [0, 0.1) is 0 Å². The number of pyridine rings is 1. The van der Waals surface area contributed by atoms with E-state index in [1.165, 1.54) is 0 Å². The van der Waals surface area contributed by atoms with Crippen molar-refractivity contribution >= 4 is 44.7 Å².